The highest BCUT2D eigenvalue weighted by molar-refractivity contribution is 7.99. The van der Waals surface area contributed by atoms with Crippen molar-refractivity contribution in [2.75, 3.05) is 0 Å². The fourth-order valence-corrected chi connectivity index (χ4v) is 12.4. The van der Waals surface area contributed by atoms with Gasteiger partial charge >= 0.3 is 0 Å². The van der Waals surface area contributed by atoms with Gasteiger partial charge in [-0.15, -0.1) is 47.0 Å². The van der Waals surface area contributed by atoms with Crippen molar-refractivity contribution in [3.05, 3.63) is 210 Å². The zero-order valence-corrected chi connectivity index (χ0v) is 46.9. The second kappa shape index (κ2) is 33.4. The Morgan fingerprint density at radius 2 is 0.737 bits per heavy atom. The number of pyridine rings is 4. The van der Waals surface area contributed by atoms with Gasteiger partial charge in [-0.1, -0.05) is 75.6 Å². The molecule has 8 rings (SSSR count). The van der Waals surface area contributed by atoms with Crippen molar-refractivity contribution in [2.45, 2.75) is 113 Å². The van der Waals surface area contributed by atoms with Crippen molar-refractivity contribution in [1.29, 1.82) is 0 Å². The predicted molar refractivity (Wildman–Crippen MR) is 321 cm³/mol. The molecule has 0 radical (unpaired) electrons. The Labute approximate surface area is 484 Å². The second-order valence-electron chi connectivity index (χ2n) is 16.3. The molecule has 8 nitrogen and oxygen atoms in total. The maximum atomic E-state index is 13.5. The van der Waals surface area contributed by atoms with Gasteiger partial charge in [0.25, 0.3) is 0 Å². The van der Waals surface area contributed by atoms with Crippen LogP contribution in [-0.4, -0.2) is 40.4 Å². The maximum Gasteiger partial charge on any atom is 0.147 e. The van der Waals surface area contributed by atoms with E-state index in [1.54, 1.807) is 84.4 Å². The zero-order chi connectivity index (χ0) is 53.2. The molecule has 0 unspecified atom stereocenters. The molecule has 0 aliphatic carbocycles. The molecule has 406 valence electrons. The predicted octanol–water partition coefficient (Wildman–Crippen LogP) is 19.2. The van der Waals surface area contributed by atoms with Crippen LogP contribution in [0.15, 0.2) is 142 Å². The zero-order valence-electron chi connectivity index (χ0n) is 40.6. The summed E-state index contributed by atoms with van der Waals surface area (Å²) in [7, 11) is 0. The molecule has 0 saturated heterocycles. The number of aromatic nitrogens is 4. The Balaban J connectivity index is 0.000000342. The Morgan fingerprint density at radius 1 is 0.421 bits per heavy atom. The number of halogens is 6. The highest BCUT2D eigenvalue weighted by Crippen LogP contribution is 2.35. The Kier molecular flexibility index (Phi) is 29.5. The molecule has 0 atom stereocenters. The molecule has 4 aromatic carbocycles. The van der Waals surface area contributed by atoms with E-state index in [4.69, 9.17) is 46.4 Å². The molecule has 0 aliphatic rings. The number of hydrogen-bond acceptors (Lipinski definition) is 12. The van der Waals surface area contributed by atoms with Crippen LogP contribution in [0.4, 0.5) is 8.78 Å². The van der Waals surface area contributed by atoms with Crippen LogP contribution in [0.2, 0.25) is 20.1 Å². The molecule has 4 aromatic heterocycles. The van der Waals surface area contributed by atoms with E-state index in [9.17, 15) is 29.2 Å². The summed E-state index contributed by atoms with van der Waals surface area (Å²) >= 11 is 30.3. The minimum atomic E-state index is -0.410. The van der Waals surface area contributed by atoms with Crippen molar-refractivity contribution < 1.29 is 29.2 Å². The van der Waals surface area contributed by atoms with Crippen LogP contribution in [0, 0.1) is 46.3 Å². The van der Waals surface area contributed by atoms with Crippen LogP contribution in [-0.2, 0) is 29.4 Å². The van der Waals surface area contributed by atoms with Gasteiger partial charge in [-0.05, 0) is 153 Å². The normalized spacial score (nSPS) is 10.2. The van der Waals surface area contributed by atoms with Gasteiger partial charge in [0.2, 0.25) is 0 Å². The molecule has 18 heteroatoms. The lowest BCUT2D eigenvalue weighted by Gasteiger charge is -2.09. The molecule has 4 N–H and O–H groups in total. The lowest BCUT2D eigenvalue weighted by Crippen LogP contribution is -1.95. The number of rotatable bonds is 13. The van der Waals surface area contributed by atoms with E-state index < -0.39 is 11.6 Å². The fraction of sp³-hybridized carbons (Fsp3) is 0.241. The number of aryl methyl sites for hydroxylation is 6. The lowest BCUT2D eigenvalue weighted by atomic mass is 10.2. The average Bonchev–Trinajstić information content (AvgIpc) is 3.30. The fourth-order valence-electron chi connectivity index (χ4n) is 6.73. The van der Waals surface area contributed by atoms with Gasteiger partial charge in [-0.3, -0.25) is 19.9 Å². The summed E-state index contributed by atoms with van der Waals surface area (Å²) in [6.45, 7) is 11.8. The Hall–Kier alpha value is -4.90. The summed E-state index contributed by atoms with van der Waals surface area (Å²) in [5, 5.41) is 40.2. The van der Waals surface area contributed by atoms with E-state index in [1.165, 1.54) is 35.9 Å². The molecule has 0 saturated carbocycles. The third-order valence-electron chi connectivity index (χ3n) is 10.2. The minimum absolute atomic E-state index is 0. The Morgan fingerprint density at radius 3 is 1.05 bits per heavy atom. The van der Waals surface area contributed by atoms with Crippen LogP contribution in [0.5, 0.6) is 23.0 Å². The number of thioether (sulfide) groups is 4. The first kappa shape index (κ1) is 67.2. The molecule has 0 fully saturated rings. The van der Waals surface area contributed by atoms with Gasteiger partial charge in [-0.25, -0.2) is 8.78 Å². The summed E-state index contributed by atoms with van der Waals surface area (Å²) in [4.78, 5) is 19.6. The number of benzene rings is 4. The molecule has 76 heavy (non-hydrogen) atoms. The van der Waals surface area contributed by atoms with E-state index in [0.29, 0.717) is 49.2 Å². The number of aromatic hydroxyl groups is 4. The van der Waals surface area contributed by atoms with Crippen molar-refractivity contribution in [2.24, 2.45) is 0 Å². The van der Waals surface area contributed by atoms with Gasteiger partial charge in [0, 0.05) is 101 Å². The number of nitrogens with zero attached hydrogens (tertiary/aromatic N) is 4. The van der Waals surface area contributed by atoms with Crippen LogP contribution in [0.3, 0.4) is 0 Å². The van der Waals surface area contributed by atoms with Crippen LogP contribution >= 0.6 is 93.5 Å². The van der Waals surface area contributed by atoms with Crippen molar-refractivity contribution >= 4 is 93.5 Å². The maximum absolute atomic E-state index is 13.5. The van der Waals surface area contributed by atoms with E-state index in [2.05, 4.69) is 39.0 Å². The van der Waals surface area contributed by atoms with Gasteiger partial charge < -0.3 is 20.4 Å². The molecular weight excluding hydrogens is 1120 g/mol. The molecular formula is C58H64Cl4F2N4O4S4. The summed E-state index contributed by atoms with van der Waals surface area (Å²) in [5.74, 6) is 2.53. The molecule has 4 heterocycles. The average molecular weight is 1190 g/mol. The third-order valence-corrected chi connectivity index (χ3v) is 15.6. The Bertz CT molecular complexity index is 2760. The first-order valence-electron chi connectivity index (χ1n) is 22.3. The van der Waals surface area contributed by atoms with Crippen molar-refractivity contribution in [3.8, 4) is 23.0 Å². The summed E-state index contributed by atoms with van der Waals surface area (Å²) in [5.41, 5.74) is 9.18. The molecule has 8 aromatic rings. The van der Waals surface area contributed by atoms with E-state index in [-0.39, 0.29) is 33.8 Å². The van der Waals surface area contributed by atoms with Crippen molar-refractivity contribution in [1.82, 2.24) is 19.9 Å². The van der Waals surface area contributed by atoms with Crippen LogP contribution in [0.1, 0.15) is 85.0 Å². The number of hydrogen-bond donors (Lipinski definition) is 4. The largest absolute Gasteiger partial charge is 0.508 e. The van der Waals surface area contributed by atoms with Gasteiger partial charge in [0.15, 0.2) is 0 Å². The highest BCUT2D eigenvalue weighted by atomic mass is 35.5. The highest BCUT2D eigenvalue weighted by Gasteiger charge is 2.12. The summed E-state index contributed by atoms with van der Waals surface area (Å²) < 4.78 is 27.0. The minimum Gasteiger partial charge on any atom is -0.508 e. The lowest BCUT2D eigenvalue weighted by molar-refractivity contribution is 0.472. The SMILES string of the molecule is C.C.C.CCc1nccc(Cl)c1CSc1cc(C)cc(O)c1.Cc1cc(O)cc(SCc2c(C)cncc2Cl)c1.Cc1cc(O)cc(SCc2c(F)cncc2Cl)c1.Cc1cc(O)cc(SCc2c(F)cncc2Cl)c1. The molecule has 0 spiro atoms. The standard InChI is InChI=1S/C15H16ClNOS.C14H14ClNOS.2C13H11ClFNOS.3CH4/c1-3-15-13(14(16)4-5-17-15)9-19-12-7-10(2)6-11(18)8-12;1-9-3-11(17)5-12(4-9)18-8-13-10(2)6-16-7-14(13)15;2*1-8-2-9(17)4-10(3-8)18-7-11-12(14)5-16-6-13(11)15;;;/h4-8,18H,3,9H2,1-2H3;3-7,17H,8H2,1-2H3;2*2-6,17H,7H2,1H3;3*1H4. The third kappa shape index (κ3) is 21.9. The smallest absolute Gasteiger partial charge is 0.147 e. The molecule has 0 aliphatic heterocycles. The summed E-state index contributed by atoms with van der Waals surface area (Å²) in [6.07, 6.45) is 11.2. The second-order valence-corrected chi connectivity index (χ2v) is 22.1. The van der Waals surface area contributed by atoms with Crippen LogP contribution < -0.4 is 0 Å². The van der Waals surface area contributed by atoms with E-state index >= 15 is 0 Å². The molecule has 0 amide bonds. The number of phenolic OH excluding ortho intramolecular Hbond substituents is 4. The van der Waals surface area contributed by atoms with Gasteiger partial charge in [-0.2, -0.15) is 0 Å². The number of phenols is 4. The first-order chi connectivity index (χ1) is 34.8. The quantitative estimate of drug-likeness (QED) is 0.0820. The summed E-state index contributed by atoms with van der Waals surface area (Å²) in [6, 6.07) is 23.4. The van der Waals surface area contributed by atoms with Gasteiger partial charge in [0.1, 0.15) is 34.6 Å². The monoisotopic (exact) mass is 1190 g/mol. The van der Waals surface area contributed by atoms with E-state index in [1.807, 2.05) is 59.0 Å². The first-order valence-corrected chi connectivity index (χ1v) is 27.7. The van der Waals surface area contributed by atoms with Crippen LogP contribution in [0.25, 0.3) is 0 Å². The topological polar surface area (TPSA) is 132 Å². The van der Waals surface area contributed by atoms with Gasteiger partial charge in [0.05, 0.1) is 27.5 Å². The molecule has 0 bridgehead atoms. The van der Waals surface area contributed by atoms with Crippen molar-refractivity contribution in [3.63, 3.8) is 0 Å². The van der Waals surface area contributed by atoms with E-state index in [0.717, 1.165) is 99.6 Å².